The first-order chi connectivity index (χ1) is 6.76. The van der Waals surface area contributed by atoms with E-state index in [4.69, 9.17) is 10.9 Å². The fraction of sp³-hybridized carbons (Fsp3) is 0.600. The Balaban J connectivity index is 2.36. The van der Waals surface area contributed by atoms with Gasteiger partial charge in [0.2, 0.25) is 5.89 Å². The third-order valence-electron chi connectivity index (χ3n) is 1.98. The predicted molar refractivity (Wildman–Crippen MR) is 53.4 cm³/mol. The third-order valence-corrected chi connectivity index (χ3v) is 1.98. The van der Waals surface area contributed by atoms with E-state index < -0.39 is 0 Å². The normalized spacial score (nSPS) is 12.4. The van der Waals surface area contributed by atoms with Gasteiger partial charge in [0, 0.05) is 19.4 Å². The molecule has 0 aliphatic heterocycles. The maximum Gasteiger partial charge on any atom is 0.223 e. The Morgan fingerprint density at radius 3 is 2.93 bits per heavy atom. The molecule has 1 atom stereocenters. The Kier molecular flexibility index (Phi) is 4.14. The van der Waals surface area contributed by atoms with Gasteiger partial charge in [-0.05, 0) is 6.42 Å². The SMILES string of the molecule is C#CCC(CC)NCc1noc(C)n1. The zero-order chi connectivity index (χ0) is 10.4. The minimum absolute atomic E-state index is 0.332. The van der Waals surface area contributed by atoms with Crippen molar-refractivity contribution in [3.8, 4) is 12.3 Å². The van der Waals surface area contributed by atoms with Crippen LogP contribution in [0.15, 0.2) is 4.52 Å². The van der Waals surface area contributed by atoms with Crippen molar-refractivity contribution in [2.24, 2.45) is 0 Å². The number of rotatable bonds is 5. The quantitative estimate of drug-likeness (QED) is 0.715. The van der Waals surface area contributed by atoms with E-state index in [1.807, 2.05) is 0 Å². The summed E-state index contributed by atoms with van der Waals surface area (Å²) in [5.41, 5.74) is 0. The smallest absolute Gasteiger partial charge is 0.223 e. The highest BCUT2D eigenvalue weighted by Gasteiger charge is 2.06. The van der Waals surface area contributed by atoms with Crippen LogP contribution in [0.5, 0.6) is 0 Å². The monoisotopic (exact) mass is 193 g/mol. The van der Waals surface area contributed by atoms with E-state index in [-0.39, 0.29) is 0 Å². The molecule has 1 aromatic heterocycles. The molecule has 1 N–H and O–H groups in total. The maximum atomic E-state index is 5.24. The van der Waals surface area contributed by atoms with Gasteiger partial charge in [-0.25, -0.2) is 0 Å². The summed E-state index contributed by atoms with van der Waals surface area (Å²) in [7, 11) is 0. The fourth-order valence-electron chi connectivity index (χ4n) is 1.15. The number of hydrogen-bond donors (Lipinski definition) is 1. The largest absolute Gasteiger partial charge is 0.340 e. The molecule has 0 aromatic carbocycles. The number of terminal acetylenes is 1. The van der Waals surface area contributed by atoms with Crippen molar-refractivity contribution in [3.05, 3.63) is 11.7 Å². The Bertz CT molecular complexity index is 313. The first-order valence-corrected chi connectivity index (χ1v) is 4.72. The fourth-order valence-corrected chi connectivity index (χ4v) is 1.15. The van der Waals surface area contributed by atoms with Crippen LogP contribution >= 0.6 is 0 Å². The second-order valence-electron chi connectivity index (χ2n) is 3.12. The van der Waals surface area contributed by atoms with Gasteiger partial charge in [-0.2, -0.15) is 4.98 Å². The van der Waals surface area contributed by atoms with Crippen molar-refractivity contribution in [1.29, 1.82) is 0 Å². The average molecular weight is 193 g/mol. The first kappa shape index (κ1) is 10.7. The molecule has 4 nitrogen and oxygen atoms in total. The molecule has 0 saturated heterocycles. The topological polar surface area (TPSA) is 51.0 Å². The summed E-state index contributed by atoms with van der Waals surface area (Å²) in [6, 6.07) is 0.332. The summed E-state index contributed by atoms with van der Waals surface area (Å²) in [6.07, 6.45) is 6.97. The minimum Gasteiger partial charge on any atom is -0.340 e. The van der Waals surface area contributed by atoms with Crippen molar-refractivity contribution in [3.63, 3.8) is 0 Å². The van der Waals surface area contributed by atoms with Gasteiger partial charge in [-0.1, -0.05) is 12.1 Å². The van der Waals surface area contributed by atoms with Crippen LogP contribution in [0.25, 0.3) is 0 Å². The van der Waals surface area contributed by atoms with E-state index in [9.17, 15) is 0 Å². The minimum atomic E-state index is 0.332. The van der Waals surface area contributed by atoms with Gasteiger partial charge in [0.1, 0.15) is 0 Å². The number of aromatic nitrogens is 2. The second kappa shape index (κ2) is 5.40. The van der Waals surface area contributed by atoms with Crippen LogP contribution < -0.4 is 5.32 Å². The average Bonchev–Trinajstić information content (AvgIpc) is 2.59. The number of hydrogen-bond acceptors (Lipinski definition) is 4. The molecule has 1 heterocycles. The van der Waals surface area contributed by atoms with E-state index in [0.717, 1.165) is 12.8 Å². The molecule has 1 unspecified atom stereocenters. The third kappa shape index (κ3) is 3.19. The van der Waals surface area contributed by atoms with Gasteiger partial charge in [-0.3, -0.25) is 0 Å². The number of nitrogens with one attached hydrogen (secondary N) is 1. The lowest BCUT2D eigenvalue weighted by molar-refractivity contribution is 0.382. The van der Waals surface area contributed by atoms with Crippen molar-refractivity contribution >= 4 is 0 Å². The van der Waals surface area contributed by atoms with E-state index in [1.165, 1.54) is 0 Å². The van der Waals surface area contributed by atoms with Gasteiger partial charge < -0.3 is 9.84 Å². The zero-order valence-electron chi connectivity index (χ0n) is 8.58. The molecule has 0 saturated carbocycles. The van der Waals surface area contributed by atoms with Crippen molar-refractivity contribution in [2.45, 2.75) is 39.3 Å². The number of nitrogens with zero attached hydrogens (tertiary/aromatic N) is 2. The van der Waals surface area contributed by atoms with Crippen LogP contribution in [0, 0.1) is 19.3 Å². The molecule has 0 radical (unpaired) electrons. The lowest BCUT2D eigenvalue weighted by Crippen LogP contribution is -2.27. The molecule has 4 heteroatoms. The molecule has 1 rings (SSSR count). The van der Waals surface area contributed by atoms with E-state index in [1.54, 1.807) is 6.92 Å². The van der Waals surface area contributed by atoms with Crippen molar-refractivity contribution in [1.82, 2.24) is 15.5 Å². The van der Waals surface area contributed by atoms with Gasteiger partial charge >= 0.3 is 0 Å². The van der Waals surface area contributed by atoms with Crippen LogP contribution in [0.1, 0.15) is 31.5 Å². The van der Waals surface area contributed by atoms with Crippen LogP contribution in [0.2, 0.25) is 0 Å². The second-order valence-corrected chi connectivity index (χ2v) is 3.12. The molecule has 14 heavy (non-hydrogen) atoms. The maximum absolute atomic E-state index is 5.24. The molecule has 0 aliphatic carbocycles. The van der Waals surface area contributed by atoms with Crippen molar-refractivity contribution < 1.29 is 4.52 Å². The van der Waals surface area contributed by atoms with E-state index in [2.05, 4.69) is 28.3 Å². The van der Waals surface area contributed by atoms with Gasteiger partial charge in [-0.15, -0.1) is 12.3 Å². The van der Waals surface area contributed by atoms with Gasteiger partial charge in [0.25, 0.3) is 0 Å². The zero-order valence-corrected chi connectivity index (χ0v) is 8.58. The summed E-state index contributed by atoms with van der Waals surface area (Å²) >= 11 is 0. The molecular formula is C10H15N3O. The van der Waals surface area contributed by atoms with Crippen LogP contribution in [0.4, 0.5) is 0 Å². The highest BCUT2D eigenvalue weighted by Crippen LogP contribution is 1.99. The van der Waals surface area contributed by atoms with E-state index in [0.29, 0.717) is 24.3 Å². The Morgan fingerprint density at radius 1 is 1.64 bits per heavy atom. The molecule has 76 valence electrons. The standard InChI is InChI=1S/C10H15N3O/c1-4-6-9(5-2)11-7-10-12-8(3)14-13-10/h1,9,11H,5-7H2,2-3H3. The molecule has 0 fully saturated rings. The highest BCUT2D eigenvalue weighted by molar-refractivity contribution is 4.91. The Labute approximate surface area is 84.1 Å². The molecule has 0 bridgehead atoms. The molecular weight excluding hydrogens is 178 g/mol. The summed E-state index contributed by atoms with van der Waals surface area (Å²) in [6.45, 7) is 4.48. The molecule has 0 amide bonds. The van der Waals surface area contributed by atoms with Crippen LogP contribution in [-0.2, 0) is 6.54 Å². The first-order valence-electron chi connectivity index (χ1n) is 4.72. The van der Waals surface area contributed by atoms with Gasteiger partial charge in [0.15, 0.2) is 5.82 Å². The molecule has 0 aliphatic rings. The predicted octanol–water partition coefficient (Wildman–Crippen LogP) is 1.27. The lowest BCUT2D eigenvalue weighted by Gasteiger charge is -2.11. The summed E-state index contributed by atoms with van der Waals surface area (Å²) in [5, 5.41) is 7.05. The summed E-state index contributed by atoms with van der Waals surface area (Å²) in [5.74, 6) is 3.90. The van der Waals surface area contributed by atoms with Gasteiger partial charge in [0.05, 0.1) is 6.54 Å². The van der Waals surface area contributed by atoms with Crippen LogP contribution in [0.3, 0.4) is 0 Å². The van der Waals surface area contributed by atoms with Crippen molar-refractivity contribution in [2.75, 3.05) is 0 Å². The van der Waals surface area contributed by atoms with E-state index >= 15 is 0 Å². The number of aryl methyl sites for hydroxylation is 1. The lowest BCUT2D eigenvalue weighted by atomic mass is 10.1. The summed E-state index contributed by atoms with van der Waals surface area (Å²) < 4.78 is 4.85. The highest BCUT2D eigenvalue weighted by atomic mass is 16.5. The Morgan fingerprint density at radius 2 is 2.43 bits per heavy atom. The molecule has 0 spiro atoms. The Hall–Kier alpha value is -1.34. The summed E-state index contributed by atoms with van der Waals surface area (Å²) in [4.78, 5) is 4.09. The van der Waals surface area contributed by atoms with Crippen LogP contribution in [-0.4, -0.2) is 16.2 Å². The molecule has 1 aromatic rings.